The summed E-state index contributed by atoms with van der Waals surface area (Å²) in [7, 11) is 0. The maximum Gasteiger partial charge on any atom is 0.343 e. The monoisotopic (exact) mass is 814 g/mol. The van der Waals surface area contributed by atoms with Gasteiger partial charge in [-0.15, -0.1) is 0 Å². The van der Waals surface area contributed by atoms with E-state index in [9.17, 15) is 19.2 Å². The summed E-state index contributed by atoms with van der Waals surface area (Å²) in [6, 6.07) is 40.4. The predicted molar refractivity (Wildman–Crippen MR) is 236 cm³/mol. The Morgan fingerprint density at radius 1 is 0.410 bits per heavy atom. The minimum Gasteiger partial charge on any atom is -0.427 e. The van der Waals surface area contributed by atoms with E-state index in [0.717, 1.165) is 59.1 Å². The summed E-state index contributed by atoms with van der Waals surface area (Å²) in [6.45, 7) is 8.44. The lowest BCUT2D eigenvalue weighted by atomic mass is 9.82. The van der Waals surface area contributed by atoms with Crippen LogP contribution in [0.3, 0.4) is 0 Å². The molecule has 0 saturated heterocycles. The minimum absolute atomic E-state index is 0.244. The fourth-order valence-corrected chi connectivity index (χ4v) is 7.65. The first-order chi connectivity index (χ1) is 29.5. The molecular formula is C53H50O8. The van der Waals surface area contributed by atoms with Gasteiger partial charge in [-0.3, -0.25) is 9.59 Å². The van der Waals surface area contributed by atoms with Gasteiger partial charge in [0.25, 0.3) is 0 Å². The Kier molecular flexibility index (Phi) is 13.2. The van der Waals surface area contributed by atoms with Crippen LogP contribution < -0.4 is 18.9 Å². The molecule has 310 valence electrons. The molecule has 0 heterocycles. The zero-order chi connectivity index (χ0) is 42.9. The molecule has 6 aromatic carbocycles. The van der Waals surface area contributed by atoms with Crippen molar-refractivity contribution in [3.8, 4) is 34.1 Å². The number of fused-ring (bicyclic) bond motifs is 3. The third-order valence-corrected chi connectivity index (χ3v) is 11.0. The van der Waals surface area contributed by atoms with Gasteiger partial charge in [-0.25, -0.2) is 9.59 Å². The molecule has 8 nitrogen and oxygen atoms in total. The molecule has 0 aliphatic heterocycles. The molecule has 0 radical (unpaired) electrons. The fraction of sp³-hybridized carbons (Fsp3) is 0.245. The highest BCUT2D eigenvalue weighted by atomic mass is 16.5. The van der Waals surface area contributed by atoms with Gasteiger partial charge in [0, 0.05) is 18.3 Å². The van der Waals surface area contributed by atoms with Gasteiger partial charge in [0.05, 0.1) is 11.1 Å². The van der Waals surface area contributed by atoms with Gasteiger partial charge in [-0.2, -0.15) is 0 Å². The number of benzene rings is 6. The Hall–Kier alpha value is -6.80. The zero-order valence-corrected chi connectivity index (χ0v) is 35.1. The van der Waals surface area contributed by atoms with Crippen molar-refractivity contribution >= 4 is 23.9 Å². The van der Waals surface area contributed by atoms with Crippen LogP contribution in [0.25, 0.3) is 11.1 Å². The second kappa shape index (κ2) is 19.1. The van der Waals surface area contributed by atoms with E-state index in [1.165, 1.54) is 11.1 Å². The van der Waals surface area contributed by atoms with Crippen LogP contribution in [0.5, 0.6) is 23.0 Å². The van der Waals surface area contributed by atoms with E-state index in [0.29, 0.717) is 47.0 Å². The largest absolute Gasteiger partial charge is 0.427 e. The molecule has 1 aliphatic rings. The molecule has 0 N–H and O–H groups in total. The Bertz CT molecular complexity index is 2340. The van der Waals surface area contributed by atoms with Gasteiger partial charge in [0.2, 0.25) is 0 Å². The van der Waals surface area contributed by atoms with E-state index in [1.54, 1.807) is 60.7 Å². The summed E-state index contributed by atoms with van der Waals surface area (Å²) in [4.78, 5) is 51.4. The van der Waals surface area contributed by atoms with E-state index < -0.39 is 17.4 Å². The average molecular weight is 815 g/mol. The van der Waals surface area contributed by atoms with Crippen LogP contribution in [0.1, 0.15) is 107 Å². The van der Waals surface area contributed by atoms with E-state index in [1.807, 2.05) is 24.3 Å². The summed E-state index contributed by atoms with van der Waals surface area (Å²) in [5, 5.41) is 0. The number of ether oxygens (including phenoxy) is 4. The molecule has 8 heteroatoms. The molecule has 0 saturated carbocycles. The normalized spacial score (nSPS) is 12.2. The molecule has 6 aromatic rings. The number of hydrogen-bond donors (Lipinski definition) is 0. The molecule has 0 unspecified atom stereocenters. The van der Waals surface area contributed by atoms with E-state index in [2.05, 4.69) is 76.2 Å². The number of carbonyl (C=O) groups excluding carboxylic acids is 4. The zero-order valence-electron chi connectivity index (χ0n) is 35.1. The number of esters is 4. The first-order valence-corrected chi connectivity index (χ1v) is 21.0. The van der Waals surface area contributed by atoms with Crippen LogP contribution in [-0.4, -0.2) is 23.9 Å². The van der Waals surface area contributed by atoms with Crippen molar-refractivity contribution in [2.24, 2.45) is 0 Å². The van der Waals surface area contributed by atoms with Crippen molar-refractivity contribution in [1.82, 2.24) is 0 Å². The van der Waals surface area contributed by atoms with Gasteiger partial charge in [-0.05, 0) is 143 Å². The van der Waals surface area contributed by atoms with E-state index >= 15 is 0 Å². The first-order valence-electron chi connectivity index (χ1n) is 21.0. The highest BCUT2D eigenvalue weighted by Crippen LogP contribution is 2.50. The van der Waals surface area contributed by atoms with E-state index in [-0.39, 0.29) is 24.8 Å². The summed E-state index contributed by atoms with van der Waals surface area (Å²) >= 11 is 0. The first kappa shape index (κ1) is 42.3. The van der Waals surface area contributed by atoms with Crippen LogP contribution >= 0.6 is 0 Å². The molecule has 0 fully saturated rings. The fourth-order valence-electron chi connectivity index (χ4n) is 7.65. The summed E-state index contributed by atoms with van der Waals surface area (Å²) in [5.74, 6) is -0.282. The van der Waals surface area contributed by atoms with Crippen LogP contribution in [0, 0.1) is 0 Å². The smallest absolute Gasteiger partial charge is 0.343 e. The lowest BCUT2D eigenvalue weighted by molar-refractivity contribution is -0.135. The maximum atomic E-state index is 13.2. The Morgan fingerprint density at radius 3 is 1.08 bits per heavy atom. The third-order valence-electron chi connectivity index (χ3n) is 11.0. The molecule has 7 rings (SSSR count). The minimum atomic E-state index is -0.540. The Balaban J connectivity index is 0.908. The molecule has 0 aromatic heterocycles. The topological polar surface area (TPSA) is 105 Å². The summed E-state index contributed by atoms with van der Waals surface area (Å²) in [5.41, 5.74) is 8.78. The standard InChI is InChI=1S/C53H50O8/c1-5-7-35-9-13-37(14-10-35)17-31-49(54)58-41-23-19-39(20-24-41)51(56)60-43-27-29-45-46-30-28-44(34-48(46)53(3,4)47(45)33-43)61-52(57)40-21-25-42(26-22-40)59-50(55)32-18-38-15-11-36(8-6-2)12-16-38/h9-16,19-30,33-34H,5-8,17-18,31-32H2,1-4H3. The lowest BCUT2D eigenvalue weighted by Crippen LogP contribution is -2.16. The molecule has 0 amide bonds. The predicted octanol–water partition coefficient (Wildman–Crippen LogP) is 11.4. The molecule has 1 aliphatic carbocycles. The van der Waals surface area contributed by atoms with Crippen LogP contribution in [0.15, 0.2) is 133 Å². The number of rotatable bonds is 16. The van der Waals surface area contributed by atoms with Crippen LogP contribution in [-0.2, 0) is 40.7 Å². The molecule has 61 heavy (non-hydrogen) atoms. The van der Waals surface area contributed by atoms with Gasteiger partial charge in [0.15, 0.2) is 0 Å². The molecule has 0 bridgehead atoms. The highest BCUT2D eigenvalue weighted by Gasteiger charge is 2.36. The van der Waals surface area contributed by atoms with Crippen molar-refractivity contribution < 1.29 is 38.1 Å². The van der Waals surface area contributed by atoms with Crippen molar-refractivity contribution in [2.45, 2.75) is 84.5 Å². The van der Waals surface area contributed by atoms with Crippen LogP contribution in [0.4, 0.5) is 0 Å². The molecule has 0 spiro atoms. The summed E-state index contributed by atoms with van der Waals surface area (Å²) in [6.07, 6.45) is 5.91. The number of carbonyl (C=O) groups is 4. The number of aryl methyl sites for hydroxylation is 4. The van der Waals surface area contributed by atoms with Crippen LogP contribution in [0.2, 0.25) is 0 Å². The third kappa shape index (κ3) is 10.5. The molecule has 0 atom stereocenters. The van der Waals surface area contributed by atoms with Gasteiger partial charge in [0.1, 0.15) is 23.0 Å². The maximum absolute atomic E-state index is 13.2. The average Bonchev–Trinajstić information content (AvgIpc) is 3.48. The van der Waals surface area contributed by atoms with Crippen molar-refractivity contribution in [3.05, 3.63) is 178 Å². The quantitative estimate of drug-likeness (QED) is 0.0702. The second-order valence-electron chi connectivity index (χ2n) is 15.9. The molecular weight excluding hydrogens is 765 g/mol. The van der Waals surface area contributed by atoms with Crippen molar-refractivity contribution in [3.63, 3.8) is 0 Å². The SMILES string of the molecule is CCCc1ccc(CCC(=O)Oc2ccc(C(=O)Oc3ccc4c(c3)C(C)(C)c3cc(OC(=O)c5ccc(OC(=O)CCc6ccc(CCC)cc6)cc5)ccc3-4)cc2)cc1. The van der Waals surface area contributed by atoms with E-state index in [4.69, 9.17) is 18.9 Å². The Morgan fingerprint density at radius 2 is 0.738 bits per heavy atom. The lowest BCUT2D eigenvalue weighted by Gasteiger charge is -2.22. The van der Waals surface area contributed by atoms with Crippen molar-refractivity contribution in [1.29, 1.82) is 0 Å². The summed E-state index contributed by atoms with van der Waals surface area (Å²) < 4.78 is 22.6. The van der Waals surface area contributed by atoms with Gasteiger partial charge >= 0.3 is 23.9 Å². The Labute approximate surface area is 357 Å². The van der Waals surface area contributed by atoms with Crippen molar-refractivity contribution in [2.75, 3.05) is 0 Å². The second-order valence-corrected chi connectivity index (χ2v) is 15.9. The van der Waals surface area contributed by atoms with Gasteiger partial charge < -0.3 is 18.9 Å². The highest BCUT2D eigenvalue weighted by molar-refractivity contribution is 5.93. The number of hydrogen-bond acceptors (Lipinski definition) is 8. The van der Waals surface area contributed by atoms with Gasteiger partial charge in [-0.1, -0.05) is 101 Å².